The van der Waals surface area contributed by atoms with Crippen LogP contribution in [0.4, 0.5) is 5.69 Å². The first-order valence-electron chi connectivity index (χ1n) is 12.3. The lowest BCUT2D eigenvalue weighted by Crippen LogP contribution is -2.58. The van der Waals surface area contributed by atoms with E-state index in [4.69, 9.17) is 18.9 Å². The number of anilines is 1. The second kappa shape index (κ2) is 12.8. The normalized spacial score (nSPS) is 22.6. The summed E-state index contributed by atoms with van der Waals surface area (Å²) >= 11 is 0. The molecule has 1 fully saturated rings. The van der Waals surface area contributed by atoms with Gasteiger partial charge in [0, 0.05) is 0 Å². The smallest absolute Gasteiger partial charge is 0.259 e. The molecule has 208 valence electrons. The summed E-state index contributed by atoms with van der Waals surface area (Å²) < 4.78 is 22.4. The van der Waals surface area contributed by atoms with Crippen LogP contribution in [-0.4, -0.2) is 82.0 Å². The molecule has 1 heterocycles. The van der Waals surface area contributed by atoms with E-state index in [0.29, 0.717) is 28.5 Å². The number of phenols is 1. The van der Waals surface area contributed by atoms with Gasteiger partial charge < -0.3 is 49.8 Å². The average molecular weight is 542 g/mol. The Hall–Kier alpha value is -3.87. The summed E-state index contributed by atoms with van der Waals surface area (Å²) in [7, 11) is 0. The van der Waals surface area contributed by atoms with Crippen LogP contribution in [0.2, 0.25) is 0 Å². The van der Waals surface area contributed by atoms with E-state index in [-0.39, 0.29) is 31.1 Å². The minimum Gasteiger partial charge on any atom is -0.507 e. The van der Waals surface area contributed by atoms with Crippen molar-refractivity contribution in [3.8, 4) is 23.0 Å². The van der Waals surface area contributed by atoms with Gasteiger partial charge in [-0.1, -0.05) is 36.4 Å². The topological polar surface area (TPSA) is 167 Å². The number of phenolic OH excluding ortho intramolecular Hbond substituents is 1. The van der Waals surface area contributed by atoms with Crippen LogP contribution in [0.1, 0.15) is 15.9 Å². The zero-order valence-corrected chi connectivity index (χ0v) is 21.1. The third-order valence-electron chi connectivity index (χ3n) is 6.16. The number of carbonyl (C=O) groups excluding carboxylic acids is 1. The fourth-order valence-corrected chi connectivity index (χ4v) is 3.96. The number of hydrogen-bond donors (Lipinski definition) is 6. The zero-order valence-electron chi connectivity index (χ0n) is 21.1. The molecule has 0 saturated carbocycles. The predicted molar refractivity (Wildman–Crippen MR) is 139 cm³/mol. The highest BCUT2D eigenvalue weighted by atomic mass is 16.6. The Morgan fingerprint density at radius 3 is 2.13 bits per heavy atom. The first-order chi connectivity index (χ1) is 18.8. The minimum absolute atomic E-state index is 0.0859. The number of benzene rings is 3. The summed E-state index contributed by atoms with van der Waals surface area (Å²) in [5, 5.41) is 52.2. The molecule has 0 bridgehead atoms. The lowest BCUT2D eigenvalue weighted by atomic mass is 9.99. The Labute approximate surface area is 224 Å². The minimum atomic E-state index is -1.66. The molecule has 0 radical (unpaired) electrons. The molecular weight excluding hydrogens is 510 g/mol. The number of aliphatic hydroxyl groups is 4. The quantitative estimate of drug-likeness (QED) is 0.207. The van der Waals surface area contributed by atoms with Crippen molar-refractivity contribution in [3.63, 3.8) is 0 Å². The van der Waals surface area contributed by atoms with Crippen molar-refractivity contribution < 1.29 is 49.3 Å². The maximum absolute atomic E-state index is 12.7. The zero-order chi connectivity index (χ0) is 27.9. The van der Waals surface area contributed by atoms with E-state index < -0.39 is 36.6 Å². The highest BCUT2D eigenvalue weighted by Crippen LogP contribution is 2.29. The van der Waals surface area contributed by atoms with Crippen molar-refractivity contribution in [2.75, 3.05) is 25.1 Å². The monoisotopic (exact) mass is 541 g/mol. The van der Waals surface area contributed by atoms with Crippen molar-refractivity contribution in [3.05, 3.63) is 77.9 Å². The molecule has 11 heteroatoms. The lowest BCUT2D eigenvalue weighted by molar-refractivity contribution is -0.285. The molecule has 5 atom stereocenters. The van der Waals surface area contributed by atoms with E-state index in [2.05, 4.69) is 5.32 Å². The van der Waals surface area contributed by atoms with Gasteiger partial charge in [-0.05, 0) is 42.8 Å². The summed E-state index contributed by atoms with van der Waals surface area (Å²) in [6, 6.07) is 18.6. The van der Waals surface area contributed by atoms with E-state index in [1.54, 1.807) is 67.6 Å². The van der Waals surface area contributed by atoms with E-state index in [9.17, 15) is 30.3 Å². The number of aryl methyl sites for hydroxylation is 1. The Bertz CT molecular complexity index is 1270. The molecular formula is C28H31NO10. The molecule has 6 N–H and O–H groups in total. The molecule has 39 heavy (non-hydrogen) atoms. The fourth-order valence-electron chi connectivity index (χ4n) is 3.96. The standard InChI is InChI=1S/C28H31NO10/c1-16-7-6-8-17(23(16)30)27(34)29-18-9-2-3-10-19(18)36-13-14-37-20-11-4-5-12-21(20)38-15-22-24(31)25(32)26(33)28(35)39-22/h2-12,22,24-26,28,30-33,35H,13-15H2,1H3,(H,29,34)/t22-,24-,25+,26-,28-/m1/s1. The van der Waals surface area contributed by atoms with Crippen LogP contribution in [0.3, 0.4) is 0 Å². The van der Waals surface area contributed by atoms with Crippen LogP contribution in [-0.2, 0) is 4.74 Å². The number of hydrogen-bond acceptors (Lipinski definition) is 10. The third kappa shape index (κ3) is 6.77. The first kappa shape index (κ1) is 28.1. The molecule has 1 amide bonds. The number of carbonyl (C=O) groups is 1. The van der Waals surface area contributed by atoms with Gasteiger partial charge in [-0.25, -0.2) is 0 Å². The third-order valence-corrected chi connectivity index (χ3v) is 6.16. The van der Waals surface area contributed by atoms with Gasteiger partial charge in [-0.15, -0.1) is 0 Å². The van der Waals surface area contributed by atoms with Gasteiger partial charge in [0.05, 0.1) is 11.3 Å². The molecule has 0 spiro atoms. The average Bonchev–Trinajstić information content (AvgIpc) is 2.94. The Morgan fingerprint density at radius 2 is 1.41 bits per heavy atom. The maximum atomic E-state index is 12.7. The van der Waals surface area contributed by atoms with Crippen LogP contribution in [0.5, 0.6) is 23.0 Å². The van der Waals surface area contributed by atoms with Crippen LogP contribution in [0, 0.1) is 6.92 Å². The van der Waals surface area contributed by atoms with Gasteiger partial charge >= 0.3 is 0 Å². The molecule has 3 aromatic rings. The molecule has 3 aromatic carbocycles. The van der Waals surface area contributed by atoms with E-state index in [0.717, 1.165) is 0 Å². The second-order valence-corrected chi connectivity index (χ2v) is 8.91. The van der Waals surface area contributed by atoms with Gasteiger partial charge in [0.25, 0.3) is 5.91 Å². The van der Waals surface area contributed by atoms with Gasteiger partial charge in [0.2, 0.25) is 0 Å². The summed E-state index contributed by atoms with van der Waals surface area (Å²) in [5.41, 5.74) is 1.16. The molecule has 4 rings (SSSR count). The summed E-state index contributed by atoms with van der Waals surface area (Å²) in [6.45, 7) is 1.73. The molecule has 0 aliphatic carbocycles. The first-order valence-corrected chi connectivity index (χ1v) is 12.3. The second-order valence-electron chi connectivity index (χ2n) is 8.91. The number of rotatable bonds is 10. The number of amides is 1. The number of para-hydroxylation sites is 5. The molecule has 11 nitrogen and oxygen atoms in total. The highest BCUT2D eigenvalue weighted by molar-refractivity contribution is 6.07. The summed E-state index contributed by atoms with van der Waals surface area (Å²) in [6.07, 6.45) is -7.40. The van der Waals surface area contributed by atoms with Crippen LogP contribution in [0.25, 0.3) is 0 Å². The van der Waals surface area contributed by atoms with Crippen molar-refractivity contribution in [2.24, 2.45) is 0 Å². The number of ether oxygens (including phenoxy) is 4. The summed E-state index contributed by atoms with van der Waals surface area (Å²) in [4.78, 5) is 12.7. The van der Waals surface area contributed by atoms with Gasteiger partial charge in [-0.3, -0.25) is 4.79 Å². The van der Waals surface area contributed by atoms with Gasteiger partial charge in [-0.2, -0.15) is 0 Å². The predicted octanol–water partition coefficient (Wildman–Crippen LogP) is 1.59. The Morgan fingerprint density at radius 1 is 0.795 bits per heavy atom. The molecule has 0 unspecified atom stereocenters. The summed E-state index contributed by atoms with van der Waals surface area (Å²) in [5.74, 6) is 0.556. The van der Waals surface area contributed by atoms with Gasteiger partial charge in [0.1, 0.15) is 55.7 Å². The molecule has 1 aliphatic rings. The molecule has 0 aromatic heterocycles. The number of aromatic hydroxyl groups is 1. The largest absolute Gasteiger partial charge is 0.507 e. The Kier molecular flexibility index (Phi) is 9.23. The van der Waals surface area contributed by atoms with Crippen molar-refractivity contribution in [2.45, 2.75) is 37.6 Å². The molecule has 1 saturated heterocycles. The Balaban J connectivity index is 1.31. The fraction of sp³-hybridized carbons (Fsp3) is 0.321. The number of aliphatic hydroxyl groups excluding tert-OH is 4. The maximum Gasteiger partial charge on any atom is 0.259 e. The van der Waals surface area contributed by atoms with Crippen molar-refractivity contribution in [1.29, 1.82) is 0 Å². The van der Waals surface area contributed by atoms with Crippen LogP contribution < -0.4 is 19.5 Å². The SMILES string of the molecule is Cc1cccc(C(=O)Nc2ccccc2OCCOc2ccccc2OC[C@H]2O[C@@H](O)[C@H](O)[C@@H](O)[C@@H]2O)c1O. The van der Waals surface area contributed by atoms with Crippen LogP contribution in [0.15, 0.2) is 66.7 Å². The lowest BCUT2D eigenvalue weighted by Gasteiger charge is -2.38. The van der Waals surface area contributed by atoms with E-state index in [1.165, 1.54) is 6.07 Å². The van der Waals surface area contributed by atoms with Gasteiger partial charge in [0.15, 0.2) is 17.8 Å². The molecule has 1 aliphatic heterocycles. The van der Waals surface area contributed by atoms with E-state index >= 15 is 0 Å². The van der Waals surface area contributed by atoms with Crippen molar-refractivity contribution in [1.82, 2.24) is 0 Å². The van der Waals surface area contributed by atoms with E-state index in [1.807, 2.05) is 0 Å². The van der Waals surface area contributed by atoms with Crippen LogP contribution >= 0.6 is 0 Å². The highest BCUT2D eigenvalue weighted by Gasteiger charge is 2.43. The van der Waals surface area contributed by atoms with Crippen molar-refractivity contribution >= 4 is 11.6 Å². The number of nitrogens with one attached hydrogen (secondary N) is 1.